The first kappa shape index (κ1) is 17.6. The molecule has 2 aliphatic rings. The van der Waals surface area contributed by atoms with Gasteiger partial charge in [0.25, 0.3) is 0 Å². The van der Waals surface area contributed by atoms with Crippen LogP contribution in [-0.4, -0.2) is 38.4 Å². The van der Waals surface area contributed by atoms with Crippen molar-refractivity contribution in [2.45, 2.75) is 44.2 Å². The molecule has 3 heterocycles. The molecule has 2 aliphatic heterocycles. The van der Waals surface area contributed by atoms with Crippen molar-refractivity contribution in [1.29, 1.82) is 0 Å². The van der Waals surface area contributed by atoms with E-state index in [9.17, 15) is 9.59 Å². The van der Waals surface area contributed by atoms with Crippen LogP contribution < -0.4 is 0 Å². The highest BCUT2D eigenvalue weighted by Gasteiger charge is 2.53. The van der Waals surface area contributed by atoms with Crippen LogP contribution in [0.25, 0.3) is 10.9 Å². The molecule has 1 amide bonds. The number of para-hydroxylation sites is 1. The van der Waals surface area contributed by atoms with Gasteiger partial charge in [0.2, 0.25) is 5.91 Å². The average Bonchev–Trinajstić information content (AvgIpc) is 3.13. The summed E-state index contributed by atoms with van der Waals surface area (Å²) >= 11 is 8.07. The van der Waals surface area contributed by atoms with E-state index in [-0.39, 0.29) is 23.4 Å². The van der Waals surface area contributed by atoms with Crippen molar-refractivity contribution in [1.82, 2.24) is 9.88 Å². The number of halogens is 1. The van der Waals surface area contributed by atoms with Gasteiger partial charge in [-0.25, -0.2) is 9.78 Å². The van der Waals surface area contributed by atoms with E-state index in [2.05, 4.69) is 4.98 Å². The van der Waals surface area contributed by atoms with Gasteiger partial charge in [-0.2, -0.15) is 0 Å². The number of ether oxygens (including phenoxy) is 1. The van der Waals surface area contributed by atoms with Crippen molar-refractivity contribution in [2.75, 3.05) is 5.75 Å². The summed E-state index contributed by atoms with van der Waals surface area (Å²) in [4.78, 5) is 30.7. The third-order valence-corrected chi connectivity index (χ3v) is 7.22. The van der Waals surface area contributed by atoms with E-state index >= 15 is 0 Å². The molecule has 26 heavy (non-hydrogen) atoms. The molecule has 5 nitrogen and oxygen atoms in total. The number of hydrogen-bond donors (Lipinski definition) is 0. The van der Waals surface area contributed by atoms with Crippen molar-refractivity contribution in [3.63, 3.8) is 0 Å². The molecular formula is C19H19ClN2O3S. The van der Waals surface area contributed by atoms with Crippen LogP contribution in [0.15, 0.2) is 24.3 Å². The van der Waals surface area contributed by atoms with E-state index in [0.717, 1.165) is 22.9 Å². The molecule has 0 radical (unpaired) electrons. The number of hydrogen-bond acceptors (Lipinski definition) is 5. The fourth-order valence-corrected chi connectivity index (χ4v) is 5.36. The zero-order valence-electron chi connectivity index (χ0n) is 14.6. The van der Waals surface area contributed by atoms with Gasteiger partial charge >= 0.3 is 5.97 Å². The van der Waals surface area contributed by atoms with Gasteiger partial charge in [-0.3, -0.25) is 4.79 Å². The van der Waals surface area contributed by atoms with Crippen LogP contribution in [0.1, 0.15) is 31.0 Å². The van der Waals surface area contributed by atoms with Gasteiger partial charge in [0.05, 0.1) is 21.1 Å². The van der Waals surface area contributed by atoms with E-state index in [1.165, 1.54) is 0 Å². The first-order valence-corrected chi connectivity index (χ1v) is 9.93. The predicted molar refractivity (Wildman–Crippen MR) is 102 cm³/mol. The third kappa shape index (κ3) is 2.76. The van der Waals surface area contributed by atoms with E-state index in [4.69, 9.17) is 16.3 Å². The Morgan fingerprint density at radius 2 is 2.23 bits per heavy atom. The number of amides is 1. The summed E-state index contributed by atoms with van der Waals surface area (Å²) in [6, 6.07) is 7.20. The summed E-state index contributed by atoms with van der Waals surface area (Å²) in [7, 11) is 0. The van der Waals surface area contributed by atoms with E-state index in [0.29, 0.717) is 22.9 Å². The zero-order chi connectivity index (χ0) is 18.5. The molecule has 4 rings (SSSR count). The topological polar surface area (TPSA) is 59.5 Å². The van der Waals surface area contributed by atoms with E-state index in [1.807, 2.05) is 38.1 Å². The number of carbonyl (C=O) groups is 2. The summed E-state index contributed by atoms with van der Waals surface area (Å²) in [5, 5.41) is 1.50. The van der Waals surface area contributed by atoms with Gasteiger partial charge in [-0.05, 0) is 31.9 Å². The summed E-state index contributed by atoms with van der Waals surface area (Å²) in [6.45, 7) is 3.95. The lowest BCUT2D eigenvalue weighted by Crippen LogP contribution is -2.46. The molecule has 0 unspecified atom stereocenters. The molecule has 2 fully saturated rings. The fraction of sp³-hybridized carbons (Fsp3) is 0.421. The smallest absolute Gasteiger partial charge is 0.330 e. The van der Waals surface area contributed by atoms with Crippen LogP contribution in [0.5, 0.6) is 0 Å². The largest absolute Gasteiger partial charge is 0.458 e. The maximum atomic E-state index is 12.6. The second-order valence-corrected chi connectivity index (χ2v) is 8.77. The van der Waals surface area contributed by atoms with Crippen molar-refractivity contribution in [3.05, 3.63) is 40.5 Å². The number of esters is 1. The Bertz CT molecular complexity index is 919. The lowest BCUT2D eigenvalue weighted by atomic mass is 10.1. The quantitative estimate of drug-likeness (QED) is 0.748. The van der Waals surface area contributed by atoms with Gasteiger partial charge in [-0.1, -0.05) is 29.8 Å². The minimum atomic E-state index is -0.527. The third-order valence-electron chi connectivity index (χ3n) is 5.21. The second kappa shape index (κ2) is 6.43. The summed E-state index contributed by atoms with van der Waals surface area (Å²) in [5.41, 5.74) is 2.28. The van der Waals surface area contributed by atoms with Gasteiger partial charge in [0.15, 0.2) is 0 Å². The van der Waals surface area contributed by atoms with Crippen LogP contribution in [0, 0.1) is 6.92 Å². The molecule has 0 saturated carbocycles. The van der Waals surface area contributed by atoms with Crippen LogP contribution in [-0.2, 0) is 20.9 Å². The normalized spacial score (nSPS) is 25.0. The van der Waals surface area contributed by atoms with E-state index < -0.39 is 6.04 Å². The molecule has 1 aromatic carbocycles. The molecule has 1 aromatic heterocycles. The van der Waals surface area contributed by atoms with Crippen molar-refractivity contribution < 1.29 is 14.3 Å². The van der Waals surface area contributed by atoms with Gasteiger partial charge in [0, 0.05) is 17.6 Å². The number of aryl methyl sites for hydroxylation is 1. The monoisotopic (exact) mass is 390 g/mol. The number of pyridine rings is 1. The number of thioether (sulfide) groups is 1. The molecule has 0 spiro atoms. The molecule has 0 N–H and O–H groups in total. The van der Waals surface area contributed by atoms with Crippen molar-refractivity contribution in [2.24, 2.45) is 0 Å². The summed E-state index contributed by atoms with van der Waals surface area (Å²) < 4.78 is 5.51. The van der Waals surface area contributed by atoms with Gasteiger partial charge in [-0.15, -0.1) is 11.8 Å². The Kier molecular flexibility index (Phi) is 4.35. The maximum absolute atomic E-state index is 12.6. The molecular weight excluding hydrogens is 372 g/mol. The van der Waals surface area contributed by atoms with Crippen LogP contribution in [0.2, 0.25) is 5.02 Å². The Balaban J connectivity index is 1.53. The summed E-state index contributed by atoms with van der Waals surface area (Å²) in [6.07, 6.45) is 1.27. The van der Waals surface area contributed by atoms with E-state index in [1.54, 1.807) is 16.7 Å². The Morgan fingerprint density at radius 3 is 3.04 bits per heavy atom. The Labute approximate surface area is 161 Å². The summed E-state index contributed by atoms with van der Waals surface area (Å²) in [5.74, 6) is 0.205. The van der Waals surface area contributed by atoms with Crippen molar-refractivity contribution in [3.8, 4) is 0 Å². The molecule has 136 valence electrons. The molecule has 2 saturated heterocycles. The highest BCUT2D eigenvalue weighted by molar-refractivity contribution is 8.01. The van der Waals surface area contributed by atoms with Crippen LogP contribution in [0.3, 0.4) is 0 Å². The minimum Gasteiger partial charge on any atom is -0.458 e. The van der Waals surface area contributed by atoms with Crippen LogP contribution in [0.4, 0.5) is 0 Å². The Hall–Kier alpha value is -1.79. The standard InChI is InChI=1S/C19H19ClN2O3S/c1-11-12-5-3-4-6-13(12)21-14(17(11)20)9-25-18(24)15-10-26-19(2)8-7-16(23)22(15)19/h3-6,15H,7-10H2,1-2H3/t15-,19-/m0/s1. The Morgan fingerprint density at radius 1 is 1.46 bits per heavy atom. The average molecular weight is 391 g/mol. The zero-order valence-corrected chi connectivity index (χ0v) is 16.2. The first-order chi connectivity index (χ1) is 12.4. The first-order valence-electron chi connectivity index (χ1n) is 8.57. The number of nitrogens with zero attached hydrogens (tertiary/aromatic N) is 2. The minimum absolute atomic E-state index is 0.00323. The molecule has 7 heteroatoms. The predicted octanol–water partition coefficient (Wildman–Crippen LogP) is 3.69. The highest BCUT2D eigenvalue weighted by atomic mass is 35.5. The molecule has 2 atom stereocenters. The lowest BCUT2D eigenvalue weighted by Gasteiger charge is -2.29. The molecule has 0 bridgehead atoms. The van der Waals surface area contributed by atoms with Gasteiger partial charge < -0.3 is 9.64 Å². The maximum Gasteiger partial charge on any atom is 0.330 e. The SMILES string of the molecule is Cc1c(Cl)c(COC(=O)[C@@H]2CS[C@@]3(C)CCC(=O)N23)nc2ccccc12. The fourth-order valence-electron chi connectivity index (χ4n) is 3.74. The lowest BCUT2D eigenvalue weighted by molar-refractivity contribution is -0.154. The number of aromatic nitrogens is 1. The molecule has 2 aromatic rings. The molecule has 0 aliphatic carbocycles. The number of benzene rings is 1. The number of carbonyl (C=O) groups excluding carboxylic acids is 2. The second-order valence-electron chi connectivity index (χ2n) is 6.89. The number of rotatable bonds is 3. The highest BCUT2D eigenvalue weighted by Crippen LogP contribution is 2.47. The van der Waals surface area contributed by atoms with Gasteiger partial charge in [0.1, 0.15) is 12.6 Å². The van der Waals surface area contributed by atoms with Crippen molar-refractivity contribution >= 4 is 46.1 Å². The van der Waals surface area contributed by atoms with Crippen LogP contribution >= 0.6 is 23.4 Å². The number of fused-ring (bicyclic) bond motifs is 2.